The van der Waals surface area contributed by atoms with Crippen LogP contribution >= 0.6 is 0 Å². The van der Waals surface area contributed by atoms with Gasteiger partial charge >= 0.3 is 0 Å². The highest BCUT2D eigenvalue weighted by molar-refractivity contribution is 5.43. The second-order valence-electron chi connectivity index (χ2n) is 5.42. The summed E-state index contributed by atoms with van der Waals surface area (Å²) in [5.41, 5.74) is 1.23. The van der Waals surface area contributed by atoms with E-state index in [0.29, 0.717) is 12.0 Å². The molecule has 106 valence electrons. The smallest absolute Gasteiger partial charge is 0.123 e. The molecule has 0 bridgehead atoms. The molecule has 0 amide bonds. The minimum atomic E-state index is 0.375. The van der Waals surface area contributed by atoms with Crippen LogP contribution in [0.4, 0.5) is 0 Å². The van der Waals surface area contributed by atoms with E-state index >= 15 is 0 Å². The molecule has 0 radical (unpaired) electrons. The Labute approximate surface area is 116 Å². The van der Waals surface area contributed by atoms with Crippen molar-refractivity contribution in [1.29, 1.82) is 0 Å². The molecule has 0 aliphatic heterocycles. The lowest BCUT2D eigenvalue weighted by atomic mass is 9.99. The Morgan fingerprint density at radius 3 is 2.58 bits per heavy atom. The highest BCUT2D eigenvalue weighted by Crippen LogP contribution is 2.49. The number of rotatable bonds is 7. The molecule has 2 rings (SSSR count). The first-order valence-electron chi connectivity index (χ1n) is 7.16. The van der Waals surface area contributed by atoms with Gasteiger partial charge in [-0.2, -0.15) is 0 Å². The number of nitrogens with one attached hydrogen (secondary N) is 1. The second kappa shape index (κ2) is 6.29. The van der Waals surface area contributed by atoms with Crippen LogP contribution in [-0.4, -0.2) is 20.8 Å². The third-order valence-electron chi connectivity index (χ3n) is 3.99. The van der Waals surface area contributed by atoms with E-state index in [0.717, 1.165) is 30.4 Å². The number of benzene rings is 1. The summed E-state index contributed by atoms with van der Waals surface area (Å²) in [7, 11) is 3.44. The number of ether oxygens (including phenoxy) is 2. The van der Waals surface area contributed by atoms with Crippen molar-refractivity contribution in [3.8, 4) is 11.5 Å². The van der Waals surface area contributed by atoms with Crippen LogP contribution < -0.4 is 14.8 Å². The molecule has 0 aromatic heterocycles. The molecule has 3 unspecified atom stereocenters. The largest absolute Gasteiger partial charge is 0.497 e. The summed E-state index contributed by atoms with van der Waals surface area (Å²) in [6.07, 6.45) is 2.44. The van der Waals surface area contributed by atoms with Gasteiger partial charge in [-0.3, -0.25) is 0 Å². The summed E-state index contributed by atoms with van der Waals surface area (Å²) in [6.45, 7) is 5.55. The van der Waals surface area contributed by atoms with Crippen LogP contribution in [0.25, 0.3) is 0 Å². The molecule has 1 aromatic rings. The molecular formula is C16H25NO2. The molecule has 1 N–H and O–H groups in total. The van der Waals surface area contributed by atoms with Crippen molar-refractivity contribution >= 4 is 0 Å². The van der Waals surface area contributed by atoms with Crippen molar-refractivity contribution in [2.75, 3.05) is 20.8 Å². The molecule has 1 aliphatic rings. The standard InChI is InChI=1S/C16H25NO2/c1-5-8-17-16(13-9-11(13)2)14-10-12(18-3)6-7-15(14)19-4/h6-7,10-11,13,16-17H,5,8-9H2,1-4H3. The molecule has 1 aliphatic carbocycles. The van der Waals surface area contributed by atoms with Crippen LogP contribution in [0.15, 0.2) is 18.2 Å². The predicted molar refractivity (Wildman–Crippen MR) is 77.9 cm³/mol. The average Bonchev–Trinajstić information content (AvgIpc) is 3.16. The van der Waals surface area contributed by atoms with E-state index in [1.807, 2.05) is 12.1 Å². The Morgan fingerprint density at radius 1 is 1.32 bits per heavy atom. The van der Waals surface area contributed by atoms with E-state index < -0.39 is 0 Å². The zero-order chi connectivity index (χ0) is 13.8. The van der Waals surface area contributed by atoms with E-state index in [1.165, 1.54) is 12.0 Å². The molecule has 0 heterocycles. The van der Waals surface area contributed by atoms with Gasteiger partial charge < -0.3 is 14.8 Å². The Balaban J connectivity index is 2.28. The third kappa shape index (κ3) is 3.21. The van der Waals surface area contributed by atoms with Crippen LogP contribution in [0, 0.1) is 11.8 Å². The first-order chi connectivity index (χ1) is 9.21. The second-order valence-corrected chi connectivity index (χ2v) is 5.42. The van der Waals surface area contributed by atoms with Crippen molar-refractivity contribution in [2.45, 2.75) is 32.7 Å². The molecule has 1 fully saturated rings. The van der Waals surface area contributed by atoms with Crippen LogP contribution in [0.1, 0.15) is 38.3 Å². The van der Waals surface area contributed by atoms with E-state index in [-0.39, 0.29) is 0 Å². The number of hydrogen-bond donors (Lipinski definition) is 1. The molecule has 0 spiro atoms. The van der Waals surface area contributed by atoms with Crippen LogP contribution in [0.2, 0.25) is 0 Å². The predicted octanol–water partition coefficient (Wildman–Crippen LogP) is 3.40. The first-order valence-corrected chi connectivity index (χ1v) is 7.16. The van der Waals surface area contributed by atoms with Gasteiger partial charge in [-0.05, 0) is 49.4 Å². The lowest BCUT2D eigenvalue weighted by molar-refractivity contribution is 0.379. The summed E-state index contributed by atoms with van der Waals surface area (Å²) >= 11 is 0. The van der Waals surface area contributed by atoms with Crippen molar-refractivity contribution in [2.24, 2.45) is 11.8 Å². The summed E-state index contributed by atoms with van der Waals surface area (Å²) in [5, 5.41) is 3.67. The Morgan fingerprint density at radius 2 is 2.05 bits per heavy atom. The number of methoxy groups -OCH3 is 2. The normalized spacial score (nSPS) is 22.9. The van der Waals surface area contributed by atoms with Gasteiger partial charge in [-0.25, -0.2) is 0 Å². The highest BCUT2D eigenvalue weighted by Gasteiger charge is 2.41. The maximum Gasteiger partial charge on any atom is 0.123 e. The molecule has 1 aromatic carbocycles. The minimum Gasteiger partial charge on any atom is -0.497 e. The average molecular weight is 263 g/mol. The summed E-state index contributed by atoms with van der Waals surface area (Å²) < 4.78 is 10.9. The van der Waals surface area contributed by atoms with Gasteiger partial charge in [0.1, 0.15) is 11.5 Å². The lowest BCUT2D eigenvalue weighted by Gasteiger charge is -2.22. The Kier molecular flexibility index (Phi) is 4.70. The highest BCUT2D eigenvalue weighted by atomic mass is 16.5. The van der Waals surface area contributed by atoms with E-state index in [4.69, 9.17) is 9.47 Å². The van der Waals surface area contributed by atoms with Gasteiger partial charge in [0.2, 0.25) is 0 Å². The number of hydrogen-bond acceptors (Lipinski definition) is 3. The van der Waals surface area contributed by atoms with Crippen molar-refractivity contribution in [1.82, 2.24) is 5.32 Å². The fourth-order valence-corrected chi connectivity index (χ4v) is 2.69. The topological polar surface area (TPSA) is 30.5 Å². The Hall–Kier alpha value is -1.22. The molecule has 3 heteroatoms. The van der Waals surface area contributed by atoms with E-state index in [2.05, 4.69) is 25.2 Å². The lowest BCUT2D eigenvalue weighted by Crippen LogP contribution is -2.25. The zero-order valence-electron chi connectivity index (χ0n) is 12.4. The van der Waals surface area contributed by atoms with Gasteiger partial charge in [0.05, 0.1) is 14.2 Å². The summed E-state index contributed by atoms with van der Waals surface area (Å²) in [6, 6.07) is 6.44. The molecule has 3 nitrogen and oxygen atoms in total. The van der Waals surface area contributed by atoms with Crippen molar-refractivity contribution in [3.63, 3.8) is 0 Å². The van der Waals surface area contributed by atoms with Gasteiger partial charge in [0, 0.05) is 11.6 Å². The van der Waals surface area contributed by atoms with Crippen molar-refractivity contribution in [3.05, 3.63) is 23.8 Å². The molecule has 19 heavy (non-hydrogen) atoms. The fraction of sp³-hybridized carbons (Fsp3) is 0.625. The molecular weight excluding hydrogens is 238 g/mol. The minimum absolute atomic E-state index is 0.375. The van der Waals surface area contributed by atoms with Crippen LogP contribution in [0.5, 0.6) is 11.5 Å². The van der Waals surface area contributed by atoms with Crippen LogP contribution in [0.3, 0.4) is 0 Å². The van der Waals surface area contributed by atoms with Crippen LogP contribution in [-0.2, 0) is 0 Å². The fourth-order valence-electron chi connectivity index (χ4n) is 2.69. The SMILES string of the molecule is CCCNC(c1cc(OC)ccc1OC)C1CC1C. The Bertz CT molecular complexity index is 419. The quantitative estimate of drug-likeness (QED) is 0.818. The van der Waals surface area contributed by atoms with Gasteiger partial charge in [-0.1, -0.05) is 13.8 Å². The monoisotopic (exact) mass is 263 g/mol. The van der Waals surface area contributed by atoms with E-state index in [9.17, 15) is 0 Å². The van der Waals surface area contributed by atoms with E-state index in [1.54, 1.807) is 14.2 Å². The molecule has 0 saturated heterocycles. The molecule has 3 atom stereocenters. The maximum absolute atomic E-state index is 5.52. The van der Waals surface area contributed by atoms with Gasteiger partial charge in [0.15, 0.2) is 0 Å². The maximum atomic E-state index is 5.52. The summed E-state index contributed by atoms with van der Waals surface area (Å²) in [5.74, 6) is 3.36. The first kappa shape index (κ1) is 14.2. The van der Waals surface area contributed by atoms with Crippen molar-refractivity contribution < 1.29 is 9.47 Å². The van der Waals surface area contributed by atoms with Gasteiger partial charge in [0.25, 0.3) is 0 Å². The molecule has 1 saturated carbocycles. The van der Waals surface area contributed by atoms with Gasteiger partial charge in [-0.15, -0.1) is 0 Å². The zero-order valence-corrected chi connectivity index (χ0v) is 12.4. The third-order valence-corrected chi connectivity index (χ3v) is 3.99. The summed E-state index contributed by atoms with van der Waals surface area (Å²) in [4.78, 5) is 0.